The summed E-state index contributed by atoms with van der Waals surface area (Å²) in [5.74, 6) is 0. The SMILES string of the molecule is C=CC[C@@H](N)c1ccc(Cl)cc1C. The largest absolute Gasteiger partial charge is 0.324 e. The van der Waals surface area contributed by atoms with Crippen molar-refractivity contribution in [1.82, 2.24) is 0 Å². The summed E-state index contributed by atoms with van der Waals surface area (Å²) >= 11 is 5.84. The topological polar surface area (TPSA) is 26.0 Å². The zero-order valence-corrected chi connectivity index (χ0v) is 8.51. The quantitative estimate of drug-likeness (QED) is 0.737. The molecule has 0 amide bonds. The Morgan fingerprint density at radius 3 is 2.85 bits per heavy atom. The normalized spacial score (nSPS) is 12.5. The molecule has 0 bridgehead atoms. The van der Waals surface area contributed by atoms with Gasteiger partial charge in [-0.1, -0.05) is 23.7 Å². The second kappa shape index (κ2) is 4.45. The Labute approximate surface area is 84.2 Å². The molecular weight excluding hydrogens is 182 g/mol. The summed E-state index contributed by atoms with van der Waals surface area (Å²) in [6, 6.07) is 5.81. The van der Waals surface area contributed by atoms with Crippen LogP contribution in [0.25, 0.3) is 0 Å². The van der Waals surface area contributed by atoms with E-state index in [4.69, 9.17) is 17.3 Å². The van der Waals surface area contributed by atoms with Crippen molar-refractivity contribution in [2.75, 3.05) is 0 Å². The smallest absolute Gasteiger partial charge is 0.0408 e. The lowest BCUT2D eigenvalue weighted by Gasteiger charge is -2.12. The standard InChI is InChI=1S/C11H14ClN/c1-3-4-11(13)10-6-5-9(12)7-8(10)2/h3,5-7,11H,1,4,13H2,2H3/t11-/m1/s1. The second-order valence-corrected chi connectivity index (χ2v) is 3.57. The van der Waals surface area contributed by atoms with Gasteiger partial charge in [0.15, 0.2) is 0 Å². The molecule has 2 heteroatoms. The molecule has 0 aromatic heterocycles. The maximum atomic E-state index is 5.94. The van der Waals surface area contributed by atoms with Gasteiger partial charge in [0.05, 0.1) is 0 Å². The monoisotopic (exact) mass is 195 g/mol. The van der Waals surface area contributed by atoms with Crippen LogP contribution in [0.1, 0.15) is 23.6 Å². The molecule has 1 rings (SSSR count). The summed E-state index contributed by atoms with van der Waals surface area (Å²) in [4.78, 5) is 0. The van der Waals surface area contributed by atoms with Crippen LogP contribution in [-0.2, 0) is 0 Å². The summed E-state index contributed by atoms with van der Waals surface area (Å²) in [7, 11) is 0. The van der Waals surface area contributed by atoms with E-state index in [9.17, 15) is 0 Å². The fraction of sp³-hybridized carbons (Fsp3) is 0.273. The number of aryl methyl sites for hydroxylation is 1. The molecule has 0 radical (unpaired) electrons. The van der Waals surface area contributed by atoms with Crippen LogP contribution in [0.2, 0.25) is 5.02 Å². The molecule has 0 aliphatic rings. The number of hydrogen-bond donors (Lipinski definition) is 1. The molecule has 13 heavy (non-hydrogen) atoms. The van der Waals surface area contributed by atoms with Crippen molar-refractivity contribution in [2.24, 2.45) is 5.73 Å². The molecule has 1 nitrogen and oxygen atoms in total. The number of nitrogens with two attached hydrogens (primary N) is 1. The van der Waals surface area contributed by atoms with Gasteiger partial charge >= 0.3 is 0 Å². The van der Waals surface area contributed by atoms with Crippen molar-refractivity contribution in [3.8, 4) is 0 Å². The molecule has 70 valence electrons. The first-order chi connectivity index (χ1) is 6.15. The van der Waals surface area contributed by atoms with Crippen LogP contribution in [0.3, 0.4) is 0 Å². The Hall–Kier alpha value is -0.790. The van der Waals surface area contributed by atoms with Crippen LogP contribution in [0, 0.1) is 6.92 Å². The van der Waals surface area contributed by atoms with E-state index in [2.05, 4.69) is 6.58 Å². The van der Waals surface area contributed by atoms with E-state index >= 15 is 0 Å². The molecule has 0 aliphatic heterocycles. The summed E-state index contributed by atoms with van der Waals surface area (Å²) in [6.45, 7) is 5.69. The van der Waals surface area contributed by atoms with Crippen molar-refractivity contribution in [3.63, 3.8) is 0 Å². The fourth-order valence-corrected chi connectivity index (χ4v) is 1.59. The molecule has 0 fully saturated rings. The Kier molecular flexibility index (Phi) is 3.52. The van der Waals surface area contributed by atoms with Gasteiger partial charge in [-0.3, -0.25) is 0 Å². The molecular formula is C11H14ClN. The average molecular weight is 196 g/mol. The third-order valence-electron chi connectivity index (χ3n) is 2.05. The van der Waals surface area contributed by atoms with Crippen molar-refractivity contribution in [2.45, 2.75) is 19.4 Å². The van der Waals surface area contributed by atoms with Gasteiger partial charge in [-0.25, -0.2) is 0 Å². The summed E-state index contributed by atoms with van der Waals surface area (Å²) < 4.78 is 0. The van der Waals surface area contributed by atoms with Crippen LogP contribution in [0.15, 0.2) is 30.9 Å². The van der Waals surface area contributed by atoms with Gasteiger partial charge in [-0.15, -0.1) is 6.58 Å². The first kappa shape index (κ1) is 10.3. The van der Waals surface area contributed by atoms with E-state index < -0.39 is 0 Å². The highest BCUT2D eigenvalue weighted by molar-refractivity contribution is 6.30. The lowest BCUT2D eigenvalue weighted by atomic mass is 10.00. The third kappa shape index (κ3) is 2.58. The minimum atomic E-state index is 0.0368. The lowest BCUT2D eigenvalue weighted by molar-refractivity contribution is 0.736. The maximum absolute atomic E-state index is 5.94. The summed E-state index contributed by atoms with van der Waals surface area (Å²) in [5.41, 5.74) is 8.23. The zero-order chi connectivity index (χ0) is 9.84. The van der Waals surface area contributed by atoms with Crippen LogP contribution in [-0.4, -0.2) is 0 Å². The summed E-state index contributed by atoms with van der Waals surface area (Å²) in [6.07, 6.45) is 2.63. The van der Waals surface area contributed by atoms with Gasteiger partial charge in [-0.2, -0.15) is 0 Å². The minimum absolute atomic E-state index is 0.0368. The predicted molar refractivity (Wildman–Crippen MR) is 57.9 cm³/mol. The van der Waals surface area contributed by atoms with E-state index in [-0.39, 0.29) is 6.04 Å². The molecule has 1 atom stereocenters. The Morgan fingerprint density at radius 2 is 2.31 bits per heavy atom. The number of halogens is 1. The molecule has 0 aliphatic carbocycles. The number of hydrogen-bond acceptors (Lipinski definition) is 1. The minimum Gasteiger partial charge on any atom is -0.324 e. The van der Waals surface area contributed by atoms with E-state index in [1.165, 1.54) is 0 Å². The molecule has 1 aromatic carbocycles. The number of benzene rings is 1. The Balaban J connectivity index is 2.94. The molecule has 0 heterocycles. The van der Waals surface area contributed by atoms with Crippen LogP contribution in [0.5, 0.6) is 0 Å². The van der Waals surface area contributed by atoms with Crippen molar-refractivity contribution >= 4 is 11.6 Å². The maximum Gasteiger partial charge on any atom is 0.0408 e. The Bertz CT molecular complexity index is 307. The van der Waals surface area contributed by atoms with Gasteiger partial charge in [0.2, 0.25) is 0 Å². The van der Waals surface area contributed by atoms with Gasteiger partial charge in [0, 0.05) is 11.1 Å². The molecule has 0 unspecified atom stereocenters. The average Bonchev–Trinajstić information content (AvgIpc) is 2.04. The summed E-state index contributed by atoms with van der Waals surface area (Å²) in [5, 5.41) is 0.757. The van der Waals surface area contributed by atoms with Crippen LogP contribution < -0.4 is 5.73 Å². The van der Waals surface area contributed by atoms with Gasteiger partial charge in [0.25, 0.3) is 0 Å². The van der Waals surface area contributed by atoms with Gasteiger partial charge < -0.3 is 5.73 Å². The molecule has 1 aromatic rings. The van der Waals surface area contributed by atoms with E-state index in [0.29, 0.717) is 0 Å². The van der Waals surface area contributed by atoms with Crippen LogP contribution in [0.4, 0.5) is 0 Å². The highest BCUT2D eigenvalue weighted by Crippen LogP contribution is 2.21. The molecule has 0 spiro atoms. The molecule has 2 N–H and O–H groups in total. The van der Waals surface area contributed by atoms with Gasteiger partial charge in [-0.05, 0) is 36.6 Å². The van der Waals surface area contributed by atoms with Crippen molar-refractivity contribution < 1.29 is 0 Å². The Morgan fingerprint density at radius 1 is 1.62 bits per heavy atom. The number of rotatable bonds is 3. The van der Waals surface area contributed by atoms with Gasteiger partial charge in [0.1, 0.15) is 0 Å². The highest BCUT2D eigenvalue weighted by atomic mass is 35.5. The first-order valence-corrected chi connectivity index (χ1v) is 4.65. The van der Waals surface area contributed by atoms with E-state index in [1.54, 1.807) is 0 Å². The zero-order valence-electron chi connectivity index (χ0n) is 7.76. The second-order valence-electron chi connectivity index (χ2n) is 3.13. The predicted octanol–water partition coefficient (Wildman–Crippen LogP) is 3.22. The lowest BCUT2D eigenvalue weighted by Crippen LogP contribution is -2.10. The fourth-order valence-electron chi connectivity index (χ4n) is 1.36. The molecule has 0 saturated carbocycles. The molecule has 0 saturated heterocycles. The highest BCUT2D eigenvalue weighted by Gasteiger charge is 2.06. The van der Waals surface area contributed by atoms with Crippen LogP contribution >= 0.6 is 11.6 Å². The van der Waals surface area contributed by atoms with Crippen molar-refractivity contribution in [3.05, 3.63) is 47.0 Å². The first-order valence-electron chi connectivity index (χ1n) is 4.27. The van der Waals surface area contributed by atoms with E-state index in [0.717, 1.165) is 22.6 Å². The third-order valence-corrected chi connectivity index (χ3v) is 2.29. The van der Waals surface area contributed by atoms with Crippen molar-refractivity contribution in [1.29, 1.82) is 0 Å². The van der Waals surface area contributed by atoms with E-state index in [1.807, 2.05) is 31.2 Å².